The Labute approximate surface area is 93.9 Å². The van der Waals surface area contributed by atoms with Crippen molar-refractivity contribution >= 4 is 16.7 Å². The van der Waals surface area contributed by atoms with E-state index in [0.717, 1.165) is 12.8 Å². The highest BCUT2D eigenvalue weighted by Gasteiger charge is 2.28. The van der Waals surface area contributed by atoms with E-state index in [-0.39, 0.29) is 17.3 Å². The van der Waals surface area contributed by atoms with Gasteiger partial charge in [0.1, 0.15) is 0 Å². The third-order valence-corrected chi connectivity index (χ3v) is 4.28. The van der Waals surface area contributed by atoms with Crippen molar-refractivity contribution in [2.24, 2.45) is 0 Å². The lowest BCUT2D eigenvalue weighted by molar-refractivity contribution is -0.128. The van der Waals surface area contributed by atoms with Gasteiger partial charge in [-0.25, -0.2) is 0 Å². The van der Waals surface area contributed by atoms with E-state index in [9.17, 15) is 9.00 Å². The summed E-state index contributed by atoms with van der Waals surface area (Å²) < 4.78 is 11.2. The van der Waals surface area contributed by atoms with Crippen molar-refractivity contribution in [3.8, 4) is 0 Å². The van der Waals surface area contributed by atoms with Gasteiger partial charge in [0.05, 0.1) is 12.7 Å². The molecule has 1 amide bonds. The van der Waals surface area contributed by atoms with Crippen molar-refractivity contribution in [3.05, 3.63) is 0 Å². The third-order valence-electron chi connectivity index (χ3n) is 2.92. The van der Waals surface area contributed by atoms with Crippen LogP contribution in [0.5, 0.6) is 0 Å². The summed E-state index contributed by atoms with van der Waals surface area (Å²) in [7, 11) is -0.793. The highest BCUT2D eigenvalue weighted by atomic mass is 32.2. The minimum absolute atomic E-state index is 0.163. The molecule has 0 aromatic rings. The van der Waals surface area contributed by atoms with E-state index >= 15 is 0 Å². The fraction of sp³-hybridized carbons (Fsp3) is 0.900. The largest absolute Gasteiger partial charge is 0.326 e. The summed E-state index contributed by atoms with van der Waals surface area (Å²) in [5, 5.41) is 3.32. The molecule has 1 heterocycles. The molecule has 1 N–H and O–H groups in total. The molecule has 5 heteroatoms. The highest BCUT2D eigenvalue weighted by molar-refractivity contribution is 7.84. The van der Waals surface area contributed by atoms with Crippen LogP contribution in [0, 0.1) is 0 Å². The molecular formula is C10H20N2O2S. The molecule has 1 aliphatic rings. The van der Waals surface area contributed by atoms with Crippen LogP contribution in [-0.2, 0) is 15.6 Å². The van der Waals surface area contributed by atoms with Gasteiger partial charge in [-0.15, -0.1) is 0 Å². The van der Waals surface area contributed by atoms with Gasteiger partial charge in [-0.1, -0.05) is 13.8 Å². The molecule has 1 saturated heterocycles. The number of carbonyl (C=O) groups is 1. The van der Waals surface area contributed by atoms with Crippen molar-refractivity contribution in [1.82, 2.24) is 10.2 Å². The maximum Gasteiger partial charge on any atom is 0.237 e. The Bertz CT molecular complexity index is 258. The van der Waals surface area contributed by atoms with Crippen molar-refractivity contribution in [1.29, 1.82) is 0 Å². The maximum absolute atomic E-state index is 11.5. The van der Waals surface area contributed by atoms with E-state index in [1.54, 1.807) is 6.26 Å². The van der Waals surface area contributed by atoms with Crippen molar-refractivity contribution < 1.29 is 9.00 Å². The smallest absolute Gasteiger partial charge is 0.237 e. The molecule has 0 spiro atoms. The van der Waals surface area contributed by atoms with E-state index in [2.05, 4.69) is 12.2 Å². The normalized spacial score (nSPS) is 25.7. The molecule has 0 aromatic heterocycles. The number of nitrogens with one attached hydrogen (secondary N) is 1. The predicted molar refractivity (Wildman–Crippen MR) is 61.9 cm³/mol. The van der Waals surface area contributed by atoms with Gasteiger partial charge in [0, 0.05) is 28.9 Å². The van der Waals surface area contributed by atoms with E-state index < -0.39 is 10.8 Å². The SMILES string of the molecule is CCC1NCC(=O)N1CCC(C)S(C)=O. The second-order valence-corrected chi connectivity index (χ2v) is 5.79. The Morgan fingerprint density at radius 1 is 1.67 bits per heavy atom. The first-order valence-corrected chi connectivity index (χ1v) is 7.03. The molecule has 4 nitrogen and oxygen atoms in total. The molecule has 3 unspecified atom stereocenters. The van der Waals surface area contributed by atoms with Crippen LogP contribution in [0.4, 0.5) is 0 Å². The zero-order valence-corrected chi connectivity index (χ0v) is 10.5. The van der Waals surface area contributed by atoms with E-state index in [1.165, 1.54) is 0 Å². The fourth-order valence-electron chi connectivity index (χ4n) is 1.72. The fourth-order valence-corrected chi connectivity index (χ4v) is 2.16. The molecule has 0 aromatic carbocycles. The van der Waals surface area contributed by atoms with Crippen LogP contribution in [0.1, 0.15) is 26.7 Å². The van der Waals surface area contributed by atoms with Crippen molar-refractivity contribution in [3.63, 3.8) is 0 Å². The average molecular weight is 232 g/mol. The molecule has 0 bridgehead atoms. The standard InChI is InChI=1S/C10H20N2O2S/c1-4-9-11-7-10(13)12(9)6-5-8(2)15(3)14/h8-9,11H,4-7H2,1-3H3. The summed E-state index contributed by atoms with van der Waals surface area (Å²) in [6, 6.07) is 0. The minimum atomic E-state index is -0.793. The predicted octanol–water partition coefficient (Wildman–Crippen LogP) is 0.311. The molecule has 0 radical (unpaired) electrons. The van der Waals surface area contributed by atoms with Gasteiger partial charge in [0.2, 0.25) is 5.91 Å². The van der Waals surface area contributed by atoms with Gasteiger partial charge in [-0.05, 0) is 12.8 Å². The number of nitrogens with zero attached hydrogens (tertiary/aromatic N) is 1. The highest BCUT2D eigenvalue weighted by Crippen LogP contribution is 2.11. The summed E-state index contributed by atoms with van der Waals surface area (Å²) in [4.78, 5) is 13.4. The summed E-state index contributed by atoms with van der Waals surface area (Å²) in [6.45, 7) is 5.18. The minimum Gasteiger partial charge on any atom is -0.326 e. The Kier molecular flexibility index (Phi) is 4.73. The lowest BCUT2D eigenvalue weighted by Crippen LogP contribution is -2.38. The number of hydrogen-bond acceptors (Lipinski definition) is 3. The molecule has 1 rings (SSSR count). The van der Waals surface area contributed by atoms with Crippen LogP contribution in [0.15, 0.2) is 0 Å². The first-order chi connectivity index (χ1) is 7.06. The first kappa shape index (κ1) is 12.6. The van der Waals surface area contributed by atoms with Crippen LogP contribution in [0.3, 0.4) is 0 Å². The first-order valence-electron chi connectivity index (χ1n) is 5.41. The molecule has 3 atom stereocenters. The van der Waals surface area contributed by atoms with Crippen molar-refractivity contribution in [2.45, 2.75) is 38.1 Å². The molecule has 1 aliphatic heterocycles. The summed E-state index contributed by atoms with van der Waals surface area (Å²) in [5.74, 6) is 0.163. The van der Waals surface area contributed by atoms with E-state index in [1.807, 2.05) is 11.8 Å². The number of hydrogen-bond donors (Lipinski definition) is 1. The van der Waals surface area contributed by atoms with Crippen molar-refractivity contribution in [2.75, 3.05) is 19.3 Å². The van der Waals surface area contributed by atoms with Gasteiger partial charge >= 0.3 is 0 Å². The zero-order chi connectivity index (χ0) is 11.4. The molecule has 1 fully saturated rings. The van der Waals surface area contributed by atoms with Crippen LogP contribution >= 0.6 is 0 Å². The molecule has 0 aliphatic carbocycles. The van der Waals surface area contributed by atoms with Gasteiger partial charge in [-0.2, -0.15) is 0 Å². The monoisotopic (exact) mass is 232 g/mol. The molecule has 88 valence electrons. The van der Waals surface area contributed by atoms with E-state index in [0.29, 0.717) is 13.1 Å². The van der Waals surface area contributed by atoms with Gasteiger partial charge in [0.25, 0.3) is 0 Å². The van der Waals surface area contributed by atoms with E-state index in [4.69, 9.17) is 0 Å². The quantitative estimate of drug-likeness (QED) is 0.742. The lowest BCUT2D eigenvalue weighted by Gasteiger charge is -2.24. The Morgan fingerprint density at radius 3 is 2.87 bits per heavy atom. The Morgan fingerprint density at radius 2 is 2.33 bits per heavy atom. The average Bonchev–Trinajstić information content (AvgIpc) is 2.55. The van der Waals surface area contributed by atoms with Gasteiger partial charge < -0.3 is 4.90 Å². The lowest BCUT2D eigenvalue weighted by atomic mass is 10.3. The molecular weight excluding hydrogens is 212 g/mol. The summed E-state index contributed by atoms with van der Waals surface area (Å²) in [6.07, 6.45) is 3.63. The third kappa shape index (κ3) is 3.28. The maximum atomic E-state index is 11.5. The van der Waals surface area contributed by atoms with Gasteiger partial charge in [0.15, 0.2) is 0 Å². The molecule has 15 heavy (non-hydrogen) atoms. The van der Waals surface area contributed by atoms with Crippen LogP contribution in [0.2, 0.25) is 0 Å². The zero-order valence-electron chi connectivity index (χ0n) is 9.66. The van der Waals surface area contributed by atoms with Crippen LogP contribution in [-0.4, -0.2) is 45.8 Å². The second-order valence-electron chi connectivity index (χ2n) is 3.99. The number of amides is 1. The topological polar surface area (TPSA) is 49.4 Å². The number of rotatable bonds is 5. The van der Waals surface area contributed by atoms with Crippen LogP contribution in [0.25, 0.3) is 0 Å². The number of carbonyl (C=O) groups excluding carboxylic acids is 1. The molecule has 0 saturated carbocycles. The second kappa shape index (κ2) is 5.61. The Balaban J connectivity index is 2.42. The van der Waals surface area contributed by atoms with Gasteiger partial charge in [-0.3, -0.25) is 14.3 Å². The van der Waals surface area contributed by atoms with Crippen LogP contribution < -0.4 is 5.32 Å². The summed E-state index contributed by atoms with van der Waals surface area (Å²) in [5.41, 5.74) is 0. The Hall–Kier alpha value is -0.420. The summed E-state index contributed by atoms with van der Waals surface area (Å²) >= 11 is 0.